The van der Waals surface area contributed by atoms with Gasteiger partial charge in [-0.05, 0) is 20.3 Å². The maximum Gasteiger partial charge on any atom is 0.198 e. The molecular weight excluding hydrogens is 303 g/mol. The third kappa shape index (κ3) is 4.61. The summed E-state index contributed by atoms with van der Waals surface area (Å²) in [6, 6.07) is 0. The molecule has 8 heteroatoms. The van der Waals surface area contributed by atoms with Crippen molar-refractivity contribution in [2.45, 2.75) is 26.4 Å². The van der Waals surface area contributed by atoms with Gasteiger partial charge in [-0.3, -0.25) is 0 Å². The highest BCUT2D eigenvalue weighted by Gasteiger charge is 2.24. The molecule has 0 aliphatic carbocycles. The predicted octanol–water partition coefficient (Wildman–Crippen LogP) is 2.17. The van der Waals surface area contributed by atoms with E-state index in [9.17, 15) is 0 Å². The quantitative estimate of drug-likeness (QED) is 0.757. The summed E-state index contributed by atoms with van der Waals surface area (Å²) in [4.78, 5) is 10.5. The maximum absolute atomic E-state index is 5.83. The van der Waals surface area contributed by atoms with Crippen molar-refractivity contribution in [3.05, 3.63) is 24.2 Å². The summed E-state index contributed by atoms with van der Waals surface area (Å²) >= 11 is 0. The molecule has 2 N–H and O–H groups in total. The molecule has 0 aromatic carbocycles. The van der Waals surface area contributed by atoms with Crippen molar-refractivity contribution in [1.29, 1.82) is 0 Å². The average molecular weight is 326 g/mol. The number of nitrogens with zero attached hydrogens (tertiary/aromatic N) is 3. The highest BCUT2D eigenvalue weighted by atomic mass is 31.2. The van der Waals surface area contributed by atoms with Gasteiger partial charge in [-0.1, -0.05) is 6.58 Å². The van der Waals surface area contributed by atoms with Gasteiger partial charge in [0, 0.05) is 11.9 Å². The molecule has 7 nitrogen and oxygen atoms in total. The van der Waals surface area contributed by atoms with Crippen LogP contribution < -0.4 is 5.73 Å². The van der Waals surface area contributed by atoms with Crippen LogP contribution in [0.5, 0.6) is 0 Å². The fourth-order valence-electron chi connectivity index (χ4n) is 2.03. The van der Waals surface area contributed by atoms with Crippen LogP contribution in [0.2, 0.25) is 0 Å². The van der Waals surface area contributed by atoms with Crippen molar-refractivity contribution in [3.8, 4) is 0 Å². The molecule has 2 rings (SSSR count). The molecule has 2 aliphatic heterocycles. The molecule has 0 aromatic heterocycles. The number of ether oxygens (including phenoxy) is 1. The van der Waals surface area contributed by atoms with Gasteiger partial charge < -0.3 is 24.4 Å². The number of amidine groups is 1. The SMILES string of the molecule is C=C/N=C1\C(=C(/C)N)N=CN1C[C@@H](C)OCP1OCCCO1. The van der Waals surface area contributed by atoms with E-state index in [4.69, 9.17) is 19.5 Å². The molecule has 0 radical (unpaired) electrons. The Labute approximate surface area is 132 Å². The van der Waals surface area contributed by atoms with E-state index in [1.54, 1.807) is 13.3 Å². The second-order valence-corrected chi connectivity index (χ2v) is 6.46. The smallest absolute Gasteiger partial charge is 0.198 e. The summed E-state index contributed by atoms with van der Waals surface area (Å²) in [6.07, 6.45) is 4.61. The van der Waals surface area contributed by atoms with Crippen LogP contribution in [0.15, 0.2) is 34.2 Å². The Hall–Kier alpha value is -1.27. The Morgan fingerprint density at radius 2 is 2.36 bits per heavy atom. The topological polar surface area (TPSA) is 81.7 Å². The first kappa shape index (κ1) is 17.1. The summed E-state index contributed by atoms with van der Waals surface area (Å²) in [5.41, 5.74) is 7.13. The van der Waals surface area contributed by atoms with Crippen molar-refractivity contribution >= 4 is 20.5 Å². The van der Waals surface area contributed by atoms with Gasteiger partial charge in [0.15, 0.2) is 14.2 Å². The lowest BCUT2D eigenvalue weighted by molar-refractivity contribution is 0.0729. The molecule has 2 aliphatic rings. The molecule has 1 atom stereocenters. The van der Waals surface area contributed by atoms with E-state index in [0.717, 1.165) is 19.6 Å². The molecule has 0 spiro atoms. The van der Waals surface area contributed by atoms with E-state index in [1.165, 1.54) is 6.20 Å². The monoisotopic (exact) mass is 326 g/mol. The predicted molar refractivity (Wildman–Crippen MR) is 88.6 cm³/mol. The Morgan fingerprint density at radius 3 is 3.00 bits per heavy atom. The van der Waals surface area contributed by atoms with Crippen LogP contribution in [0.4, 0.5) is 0 Å². The van der Waals surface area contributed by atoms with Gasteiger partial charge in [0.25, 0.3) is 0 Å². The number of hydrogen-bond acceptors (Lipinski definition) is 6. The third-order valence-electron chi connectivity index (χ3n) is 3.07. The molecule has 2 heterocycles. The molecule has 122 valence electrons. The van der Waals surface area contributed by atoms with Gasteiger partial charge in [-0.2, -0.15) is 0 Å². The lowest BCUT2D eigenvalue weighted by Gasteiger charge is -2.25. The van der Waals surface area contributed by atoms with E-state index in [-0.39, 0.29) is 6.10 Å². The van der Waals surface area contributed by atoms with E-state index >= 15 is 0 Å². The Bertz CT molecular complexity index is 482. The molecule has 0 saturated carbocycles. The van der Waals surface area contributed by atoms with Gasteiger partial charge in [-0.15, -0.1) is 0 Å². The van der Waals surface area contributed by atoms with E-state index in [0.29, 0.717) is 30.1 Å². The Kier molecular flexibility index (Phi) is 6.51. The standard InChI is InChI=1S/C14H23N4O3P/c1-4-16-14-13(12(3)15)17-9-18(14)8-11(2)19-10-22-20-6-5-7-21-22/h4,9,11H,1,5-8,10,15H2,2-3H3/b13-12-,16-14+/t11-/m1/s1. The van der Waals surface area contributed by atoms with Gasteiger partial charge >= 0.3 is 0 Å². The fraction of sp³-hybridized carbons (Fsp3) is 0.571. The summed E-state index contributed by atoms with van der Waals surface area (Å²) in [5.74, 6) is 0.696. The second kappa shape index (κ2) is 8.39. The van der Waals surface area contributed by atoms with E-state index in [1.807, 2.05) is 11.8 Å². The first-order valence-electron chi connectivity index (χ1n) is 7.23. The number of hydrogen-bond donors (Lipinski definition) is 1. The summed E-state index contributed by atoms with van der Waals surface area (Å²) < 4.78 is 16.9. The van der Waals surface area contributed by atoms with Crippen LogP contribution in [-0.4, -0.2) is 49.3 Å². The number of rotatable bonds is 6. The minimum absolute atomic E-state index is 0.0180. The first-order chi connectivity index (χ1) is 10.6. The van der Waals surface area contributed by atoms with Crippen LogP contribution in [0.25, 0.3) is 0 Å². The lowest BCUT2D eigenvalue weighted by Crippen LogP contribution is -2.34. The molecule has 1 saturated heterocycles. The molecule has 0 unspecified atom stereocenters. The van der Waals surface area contributed by atoms with E-state index in [2.05, 4.69) is 16.6 Å². The molecule has 22 heavy (non-hydrogen) atoms. The van der Waals surface area contributed by atoms with Crippen LogP contribution in [-0.2, 0) is 13.8 Å². The normalized spacial score (nSPS) is 24.8. The second-order valence-electron chi connectivity index (χ2n) is 5.02. The molecule has 0 amide bonds. The van der Waals surface area contributed by atoms with Crippen LogP contribution >= 0.6 is 8.38 Å². The van der Waals surface area contributed by atoms with Gasteiger partial charge in [-0.25, -0.2) is 9.98 Å². The fourth-order valence-corrected chi connectivity index (χ4v) is 3.30. The molecular formula is C14H23N4O3P. The average Bonchev–Trinajstić information content (AvgIpc) is 2.90. The largest absolute Gasteiger partial charge is 0.400 e. The minimum atomic E-state index is -0.909. The maximum atomic E-state index is 5.83. The number of aliphatic imine (C=N–C) groups is 2. The number of nitrogens with two attached hydrogens (primary N) is 1. The first-order valence-corrected chi connectivity index (χ1v) is 8.59. The zero-order chi connectivity index (χ0) is 15.9. The van der Waals surface area contributed by atoms with Crippen molar-refractivity contribution in [1.82, 2.24) is 4.90 Å². The van der Waals surface area contributed by atoms with Crippen molar-refractivity contribution in [2.75, 3.05) is 26.1 Å². The zero-order valence-electron chi connectivity index (χ0n) is 13.1. The van der Waals surface area contributed by atoms with Crippen LogP contribution in [0.3, 0.4) is 0 Å². The number of allylic oxidation sites excluding steroid dienone is 1. The molecule has 0 aromatic rings. The Morgan fingerprint density at radius 1 is 1.64 bits per heavy atom. The van der Waals surface area contributed by atoms with Crippen molar-refractivity contribution in [3.63, 3.8) is 0 Å². The lowest BCUT2D eigenvalue weighted by atomic mass is 10.3. The van der Waals surface area contributed by atoms with Crippen molar-refractivity contribution < 1.29 is 13.8 Å². The van der Waals surface area contributed by atoms with Gasteiger partial charge in [0.2, 0.25) is 0 Å². The Balaban J connectivity index is 1.86. The molecule has 1 fully saturated rings. The highest BCUT2D eigenvalue weighted by Crippen LogP contribution is 2.41. The third-order valence-corrected chi connectivity index (χ3v) is 4.38. The van der Waals surface area contributed by atoms with E-state index < -0.39 is 8.38 Å². The molecule has 0 bridgehead atoms. The summed E-state index contributed by atoms with van der Waals surface area (Å²) in [5, 5.41) is 0. The van der Waals surface area contributed by atoms with Crippen molar-refractivity contribution in [2.24, 2.45) is 15.7 Å². The van der Waals surface area contributed by atoms with Crippen LogP contribution in [0.1, 0.15) is 20.3 Å². The summed E-state index contributed by atoms with van der Waals surface area (Å²) in [6.45, 7) is 9.56. The highest BCUT2D eigenvalue weighted by molar-refractivity contribution is 7.47. The minimum Gasteiger partial charge on any atom is -0.400 e. The van der Waals surface area contributed by atoms with Gasteiger partial charge in [0.1, 0.15) is 12.0 Å². The zero-order valence-corrected chi connectivity index (χ0v) is 14.0. The van der Waals surface area contributed by atoms with Crippen LogP contribution in [0, 0.1) is 0 Å². The van der Waals surface area contributed by atoms with Gasteiger partial charge in [0.05, 0.1) is 32.2 Å². The summed E-state index contributed by atoms with van der Waals surface area (Å²) in [7, 11) is -0.909.